The van der Waals surface area contributed by atoms with Crippen molar-refractivity contribution in [3.8, 4) is 0 Å². The summed E-state index contributed by atoms with van der Waals surface area (Å²) >= 11 is 2.99. The van der Waals surface area contributed by atoms with E-state index in [0.29, 0.717) is 18.8 Å². The van der Waals surface area contributed by atoms with Crippen LogP contribution in [0.4, 0.5) is 8.78 Å². The smallest absolute Gasteiger partial charge is 0.200 e. The van der Waals surface area contributed by atoms with Crippen molar-refractivity contribution in [3.05, 3.63) is 33.8 Å². The lowest BCUT2D eigenvalue weighted by Gasteiger charge is -2.37. The first-order chi connectivity index (χ1) is 9.41. The molecule has 5 heteroatoms. The lowest BCUT2D eigenvalue weighted by molar-refractivity contribution is -0.0308. The molecule has 20 heavy (non-hydrogen) atoms. The van der Waals surface area contributed by atoms with Gasteiger partial charge in [0, 0.05) is 7.11 Å². The van der Waals surface area contributed by atoms with E-state index in [9.17, 15) is 13.6 Å². The summed E-state index contributed by atoms with van der Waals surface area (Å²) < 4.78 is 33.5. The number of ether oxygens (including phenoxy) is 1. The molecule has 110 valence electrons. The molecule has 0 aliphatic heterocycles. The summed E-state index contributed by atoms with van der Waals surface area (Å²) in [5.41, 5.74) is -1.62. The molecule has 0 radical (unpaired) electrons. The second-order valence-electron chi connectivity index (χ2n) is 5.45. The number of rotatable bonds is 3. The first-order valence-electron chi connectivity index (χ1n) is 6.65. The predicted molar refractivity (Wildman–Crippen MR) is 75.8 cm³/mol. The number of hydrogen-bond donors (Lipinski definition) is 0. The summed E-state index contributed by atoms with van der Waals surface area (Å²) in [6.45, 7) is 2.02. The Morgan fingerprint density at radius 1 is 1.45 bits per heavy atom. The summed E-state index contributed by atoms with van der Waals surface area (Å²) in [7, 11) is 1.43. The molecular formula is C15H17BrF2O2. The maximum atomic E-state index is 14.1. The monoisotopic (exact) mass is 346 g/mol. The molecule has 0 bridgehead atoms. The summed E-state index contributed by atoms with van der Waals surface area (Å²) in [6.07, 6.45) is 2.81. The van der Waals surface area contributed by atoms with Gasteiger partial charge >= 0.3 is 0 Å². The van der Waals surface area contributed by atoms with Crippen LogP contribution < -0.4 is 0 Å². The summed E-state index contributed by atoms with van der Waals surface area (Å²) in [4.78, 5) is 12.7. The third-order valence-corrected chi connectivity index (χ3v) is 4.64. The Kier molecular flexibility index (Phi) is 4.59. The third kappa shape index (κ3) is 2.66. The maximum absolute atomic E-state index is 14.1. The van der Waals surface area contributed by atoms with Gasteiger partial charge in [-0.05, 0) is 53.2 Å². The van der Waals surface area contributed by atoms with E-state index in [4.69, 9.17) is 4.74 Å². The molecule has 0 saturated heterocycles. The van der Waals surface area contributed by atoms with E-state index in [0.717, 1.165) is 18.9 Å². The molecule has 1 saturated carbocycles. The Hall–Kier alpha value is -0.810. The molecule has 1 aromatic rings. The SMILES string of the molecule is COC1(C(=O)c2c(F)ccc(Br)c2F)CCCC(C)C1. The summed E-state index contributed by atoms with van der Waals surface area (Å²) in [6, 6.07) is 2.35. The zero-order valence-electron chi connectivity index (χ0n) is 11.5. The van der Waals surface area contributed by atoms with Crippen molar-refractivity contribution in [3.63, 3.8) is 0 Å². The predicted octanol–water partition coefficient (Wildman–Crippen LogP) is 4.51. The van der Waals surface area contributed by atoms with Gasteiger partial charge in [0.1, 0.15) is 11.4 Å². The second-order valence-corrected chi connectivity index (χ2v) is 6.30. The normalized spacial score (nSPS) is 26.6. The quantitative estimate of drug-likeness (QED) is 0.594. The molecule has 0 heterocycles. The lowest BCUT2D eigenvalue weighted by atomic mass is 9.74. The van der Waals surface area contributed by atoms with Crippen LogP contribution in [0.1, 0.15) is 43.0 Å². The minimum atomic E-state index is -1.11. The molecule has 2 rings (SSSR count). The maximum Gasteiger partial charge on any atom is 0.200 e. The van der Waals surface area contributed by atoms with Crippen LogP contribution in [0.15, 0.2) is 16.6 Å². The van der Waals surface area contributed by atoms with Gasteiger partial charge in [0.05, 0.1) is 10.0 Å². The minimum absolute atomic E-state index is 0.0809. The topological polar surface area (TPSA) is 26.3 Å². The largest absolute Gasteiger partial charge is 0.370 e. The molecular weight excluding hydrogens is 330 g/mol. The van der Waals surface area contributed by atoms with Crippen molar-refractivity contribution in [2.75, 3.05) is 7.11 Å². The Morgan fingerprint density at radius 3 is 2.75 bits per heavy atom. The van der Waals surface area contributed by atoms with E-state index in [1.807, 2.05) is 6.92 Å². The minimum Gasteiger partial charge on any atom is -0.370 e. The molecule has 0 amide bonds. The van der Waals surface area contributed by atoms with Crippen LogP contribution in [-0.4, -0.2) is 18.5 Å². The molecule has 2 nitrogen and oxygen atoms in total. The van der Waals surface area contributed by atoms with Gasteiger partial charge in [-0.25, -0.2) is 8.78 Å². The van der Waals surface area contributed by atoms with Crippen LogP contribution in [0.25, 0.3) is 0 Å². The highest BCUT2D eigenvalue weighted by Gasteiger charge is 2.44. The number of halogens is 3. The van der Waals surface area contributed by atoms with E-state index in [2.05, 4.69) is 15.9 Å². The van der Waals surface area contributed by atoms with Crippen LogP contribution in [0.3, 0.4) is 0 Å². The number of methoxy groups -OCH3 is 1. The van der Waals surface area contributed by atoms with Crippen LogP contribution in [0.2, 0.25) is 0 Å². The number of carbonyl (C=O) groups is 1. The third-order valence-electron chi connectivity index (χ3n) is 4.03. The lowest BCUT2D eigenvalue weighted by Crippen LogP contribution is -2.45. The first kappa shape index (κ1) is 15.6. The van der Waals surface area contributed by atoms with Gasteiger partial charge in [0.25, 0.3) is 0 Å². The molecule has 1 aliphatic rings. The average Bonchev–Trinajstić information content (AvgIpc) is 2.43. The molecule has 0 aromatic heterocycles. The fourth-order valence-corrected chi connectivity index (χ4v) is 3.28. The Morgan fingerprint density at radius 2 is 2.15 bits per heavy atom. The number of ketones is 1. The fraction of sp³-hybridized carbons (Fsp3) is 0.533. The van der Waals surface area contributed by atoms with Crippen LogP contribution in [-0.2, 0) is 4.74 Å². The average molecular weight is 347 g/mol. The van der Waals surface area contributed by atoms with Crippen LogP contribution in [0, 0.1) is 17.6 Å². The van der Waals surface area contributed by atoms with Crippen LogP contribution >= 0.6 is 15.9 Å². The van der Waals surface area contributed by atoms with Gasteiger partial charge in [0.2, 0.25) is 5.78 Å². The Bertz CT molecular complexity index is 533. The van der Waals surface area contributed by atoms with Gasteiger partial charge < -0.3 is 4.74 Å². The Labute approximate surface area is 125 Å². The molecule has 2 atom stereocenters. The highest BCUT2D eigenvalue weighted by Crippen LogP contribution is 2.38. The number of carbonyl (C=O) groups excluding carboxylic acids is 1. The van der Waals surface area contributed by atoms with Crippen LogP contribution in [0.5, 0.6) is 0 Å². The fourth-order valence-electron chi connectivity index (χ4n) is 2.95. The van der Waals surface area contributed by atoms with Crippen molar-refractivity contribution in [1.82, 2.24) is 0 Å². The highest BCUT2D eigenvalue weighted by atomic mass is 79.9. The van der Waals surface area contributed by atoms with Crippen molar-refractivity contribution >= 4 is 21.7 Å². The van der Waals surface area contributed by atoms with E-state index in [-0.39, 0.29) is 4.47 Å². The van der Waals surface area contributed by atoms with Gasteiger partial charge in [-0.3, -0.25) is 4.79 Å². The van der Waals surface area contributed by atoms with Gasteiger partial charge in [-0.15, -0.1) is 0 Å². The highest BCUT2D eigenvalue weighted by molar-refractivity contribution is 9.10. The van der Waals surface area contributed by atoms with E-state index in [1.165, 1.54) is 13.2 Å². The molecule has 0 spiro atoms. The molecule has 2 unspecified atom stereocenters. The molecule has 1 aromatic carbocycles. The molecule has 1 fully saturated rings. The van der Waals surface area contributed by atoms with E-state index >= 15 is 0 Å². The van der Waals surface area contributed by atoms with E-state index in [1.54, 1.807) is 0 Å². The zero-order chi connectivity index (χ0) is 14.9. The summed E-state index contributed by atoms with van der Waals surface area (Å²) in [5, 5.41) is 0. The van der Waals surface area contributed by atoms with Crippen molar-refractivity contribution < 1.29 is 18.3 Å². The first-order valence-corrected chi connectivity index (χ1v) is 7.44. The van der Waals surface area contributed by atoms with Crippen molar-refractivity contribution in [2.24, 2.45) is 5.92 Å². The second kappa shape index (κ2) is 5.90. The van der Waals surface area contributed by atoms with Crippen molar-refractivity contribution in [2.45, 2.75) is 38.2 Å². The van der Waals surface area contributed by atoms with Gasteiger partial charge in [0.15, 0.2) is 5.82 Å². The van der Waals surface area contributed by atoms with E-state index < -0.39 is 28.6 Å². The van der Waals surface area contributed by atoms with Gasteiger partial charge in [-0.1, -0.05) is 13.3 Å². The number of Topliss-reactive ketones (excluding diaryl/α,β-unsaturated/α-hetero) is 1. The summed E-state index contributed by atoms with van der Waals surface area (Å²) in [5.74, 6) is -2.00. The van der Waals surface area contributed by atoms with Crippen molar-refractivity contribution in [1.29, 1.82) is 0 Å². The number of hydrogen-bond acceptors (Lipinski definition) is 2. The number of benzene rings is 1. The molecule has 1 aliphatic carbocycles. The zero-order valence-corrected chi connectivity index (χ0v) is 13.1. The molecule has 0 N–H and O–H groups in total. The van der Waals surface area contributed by atoms with Gasteiger partial charge in [-0.2, -0.15) is 0 Å². The standard InChI is InChI=1S/C15H17BrF2O2/c1-9-4-3-7-15(8-9,20-2)14(19)12-11(17)6-5-10(16)13(12)18/h5-6,9H,3-4,7-8H2,1-2H3. The Balaban J connectivity index is 2.46.